The third kappa shape index (κ3) is 3.37. The lowest BCUT2D eigenvalue weighted by Gasteiger charge is -2.18. The van der Waals surface area contributed by atoms with E-state index >= 15 is 0 Å². The normalized spacial score (nSPS) is 12.8. The molecule has 1 N–H and O–H groups in total. The van der Waals surface area contributed by atoms with Crippen LogP contribution in [-0.2, 0) is 13.1 Å². The Hall–Kier alpha value is -2.78. The molecule has 1 heterocycles. The first-order valence-corrected chi connectivity index (χ1v) is 8.55. The van der Waals surface area contributed by atoms with Crippen LogP contribution in [-0.4, -0.2) is 5.91 Å². The highest BCUT2D eigenvalue weighted by Gasteiger charge is 2.18. The van der Waals surface area contributed by atoms with Crippen molar-refractivity contribution in [1.82, 2.24) is 0 Å². The van der Waals surface area contributed by atoms with E-state index in [0.717, 1.165) is 24.5 Å². The zero-order valence-electron chi connectivity index (χ0n) is 13.6. The van der Waals surface area contributed by atoms with Crippen molar-refractivity contribution in [2.24, 2.45) is 0 Å². The number of nitrogens with one attached hydrogen (secondary N) is 1. The molecule has 3 aromatic carbocycles. The first-order valence-electron chi connectivity index (χ1n) is 8.18. The van der Waals surface area contributed by atoms with Crippen molar-refractivity contribution < 1.29 is 4.79 Å². The fourth-order valence-electron chi connectivity index (χ4n) is 3.10. The van der Waals surface area contributed by atoms with Crippen molar-refractivity contribution in [1.29, 1.82) is 0 Å². The lowest BCUT2D eigenvalue weighted by Crippen LogP contribution is -2.16. The summed E-state index contributed by atoms with van der Waals surface area (Å²) in [6.07, 6.45) is 0. The van der Waals surface area contributed by atoms with Gasteiger partial charge in [-0.1, -0.05) is 41.9 Å². The molecule has 0 spiro atoms. The van der Waals surface area contributed by atoms with E-state index in [1.54, 1.807) is 24.3 Å². The zero-order chi connectivity index (χ0) is 17.2. The van der Waals surface area contributed by atoms with Gasteiger partial charge in [0.25, 0.3) is 5.91 Å². The molecule has 0 saturated carbocycles. The predicted octanol–water partition coefficient (Wildman–Crippen LogP) is 5.11. The number of rotatable bonds is 3. The summed E-state index contributed by atoms with van der Waals surface area (Å²) in [5, 5.41) is 3.57. The van der Waals surface area contributed by atoms with Crippen LogP contribution in [0.25, 0.3) is 0 Å². The predicted molar refractivity (Wildman–Crippen MR) is 102 cm³/mol. The Morgan fingerprint density at radius 1 is 0.880 bits per heavy atom. The largest absolute Gasteiger partial charge is 0.363 e. The highest BCUT2D eigenvalue weighted by Crippen LogP contribution is 2.29. The second kappa shape index (κ2) is 6.61. The first-order chi connectivity index (χ1) is 12.2. The quantitative estimate of drug-likeness (QED) is 0.713. The molecular weight excluding hydrogens is 332 g/mol. The Morgan fingerprint density at radius 2 is 1.56 bits per heavy atom. The molecule has 0 fully saturated rings. The minimum atomic E-state index is -0.140. The molecule has 1 amide bonds. The van der Waals surface area contributed by atoms with Crippen LogP contribution >= 0.6 is 11.6 Å². The summed E-state index contributed by atoms with van der Waals surface area (Å²) in [5.74, 6) is -0.140. The monoisotopic (exact) mass is 348 g/mol. The van der Waals surface area contributed by atoms with Crippen molar-refractivity contribution in [2.75, 3.05) is 10.2 Å². The molecule has 4 heteroatoms. The van der Waals surface area contributed by atoms with E-state index in [1.165, 1.54) is 11.1 Å². The van der Waals surface area contributed by atoms with E-state index in [2.05, 4.69) is 40.5 Å². The smallest absolute Gasteiger partial charge is 0.255 e. The molecule has 0 atom stereocenters. The van der Waals surface area contributed by atoms with Gasteiger partial charge in [-0.3, -0.25) is 4.79 Å². The topological polar surface area (TPSA) is 32.3 Å². The van der Waals surface area contributed by atoms with Crippen LogP contribution < -0.4 is 10.2 Å². The molecule has 0 aromatic heterocycles. The van der Waals surface area contributed by atoms with Crippen LogP contribution in [0.3, 0.4) is 0 Å². The Kier molecular flexibility index (Phi) is 4.16. The number of hydrogen-bond donors (Lipinski definition) is 1. The van der Waals surface area contributed by atoms with Crippen molar-refractivity contribution in [3.63, 3.8) is 0 Å². The second-order valence-corrected chi connectivity index (χ2v) is 6.57. The number of anilines is 2. The molecule has 4 rings (SSSR count). The summed E-state index contributed by atoms with van der Waals surface area (Å²) < 4.78 is 0. The van der Waals surface area contributed by atoms with Crippen molar-refractivity contribution in [3.8, 4) is 0 Å². The molecule has 0 saturated heterocycles. The summed E-state index contributed by atoms with van der Waals surface area (Å²) >= 11 is 5.87. The van der Waals surface area contributed by atoms with Crippen LogP contribution in [0.1, 0.15) is 21.5 Å². The molecule has 0 unspecified atom stereocenters. The highest BCUT2D eigenvalue weighted by atomic mass is 35.5. The highest BCUT2D eigenvalue weighted by molar-refractivity contribution is 6.30. The minimum absolute atomic E-state index is 0.140. The van der Waals surface area contributed by atoms with E-state index in [1.807, 2.05) is 18.2 Å². The molecule has 3 nitrogen and oxygen atoms in total. The Balaban J connectivity index is 1.50. The summed E-state index contributed by atoms with van der Waals surface area (Å²) in [6, 6.07) is 23.3. The number of carbonyl (C=O) groups is 1. The maximum absolute atomic E-state index is 12.4. The van der Waals surface area contributed by atoms with Gasteiger partial charge in [0.1, 0.15) is 0 Å². The molecule has 25 heavy (non-hydrogen) atoms. The number of fused-ring (bicyclic) bond motifs is 1. The molecule has 0 aliphatic carbocycles. The van der Waals surface area contributed by atoms with Gasteiger partial charge in [-0.2, -0.15) is 0 Å². The third-order valence-corrected chi connectivity index (χ3v) is 4.67. The second-order valence-electron chi connectivity index (χ2n) is 6.14. The number of carbonyl (C=O) groups excluding carboxylic acids is 1. The lowest BCUT2D eigenvalue weighted by atomic mass is 10.1. The number of hydrogen-bond acceptors (Lipinski definition) is 2. The molecule has 1 aliphatic heterocycles. The number of benzene rings is 3. The van der Waals surface area contributed by atoms with E-state index in [0.29, 0.717) is 10.6 Å². The van der Waals surface area contributed by atoms with Gasteiger partial charge >= 0.3 is 0 Å². The van der Waals surface area contributed by atoms with Gasteiger partial charge < -0.3 is 10.2 Å². The first kappa shape index (κ1) is 15.7. The third-order valence-electron chi connectivity index (χ3n) is 4.42. The van der Waals surface area contributed by atoms with E-state index in [4.69, 9.17) is 11.6 Å². The SMILES string of the molecule is O=C(Nc1cccc(N2Cc3ccccc3C2)c1)c1ccc(Cl)cc1. The standard InChI is InChI=1S/C21H17ClN2O/c22-18-10-8-15(9-11-18)21(25)23-19-6-3-7-20(12-19)24-13-16-4-1-2-5-17(16)14-24/h1-12H,13-14H2,(H,23,25). The molecule has 0 radical (unpaired) electrons. The zero-order valence-corrected chi connectivity index (χ0v) is 14.3. The molecule has 124 valence electrons. The summed E-state index contributed by atoms with van der Waals surface area (Å²) in [4.78, 5) is 14.7. The maximum atomic E-state index is 12.4. The van der Waals surface area contributed by atoms with Crippen molar-refractivity contribution in [2.45, 2.75) is 13.1 Å². The Morgan fingerprint density at radius 3 is 2.24 bits per heavy atom. The van der Waals surface area contributed by atoms with E-state index in [-0.39, 0.29) is 5.91 Å². The molecule has 0 bridgehead atoms. The van der Waals surface area contributed by atoms with Gasteiger partial charge in [-0.15, -0.1) is 0 Å². The average molecular weight is 349 g/mol. The summed E-state index contributed by atoms with van der Waals surface area (Å²) in [5.41, 5.74) is 5.19. The van der Waals surface area contributed by atoms with Gasteiger partial charge in [0.15, 0.2) is 0 Å². The number of nitrogens with zero attached hydrogens (tertiary/aromatic N) is 1. The average Bonchev–Trinajstić information content (AvgIpc) is 3.07. The van der Waals surface area contributed by atoms with Crippen LogP contribution in [0.2, 0.25) is 5.02 Å². The van der Waals surface area contributed by atoms with Crippen molar-refractivity contribution in [3.05, 3.63) is 94.5 Å². The maximum Gasteiger partial charge on any atom is 0.255 e. The molecule has 1 aliphatic rings. The fraction of sp³-hybridized carbons (Fsp3) is 0.0952. The van der Waals surface area contributed by atoms with Gasteiger partial charge in [-0.25, -0.2) is 0 Å². The van der Waals surface area contributed by atoms with E-state index in [9.17, 15) is 4.79 Å². The number of halogens is 1. The van der Waals surface area contributed by atoms with Gasteiger partial charge in [0, 0.05) is 35.1 Å². The van der Waals surface area contributed by atoms with E-state index < -0.39 is 0 Å². The van der Waals surface area contributed by atoms with Gasteiger partial charge in [-0.05, 0) is 53.6 Å². The fourth-order valence-corrected chi connectivity index (χ4v) is 3.23. The minimum Gasteiger partial charge on any atom is -0.363 e. The van der Waals surface area contributed by atoms with Gasteiger partial charge in [0.05, 0.1) is 0 Å². The van der Waals surface area contributed by atoms with Crippen LogP contribution in [0.5, 0.6) is 0 Å². The summed E-state index contributed by atoms with van der Waals surface area (Å²) in [7, 11) is 0. The number of amides is 1. The van der Waals surface area contributed by atoms with Crippen LogP contribution in [0.15, 0.2) is 72.8 Å². The Bertz CT molecular complexity index is 896. The Labute approximate surface area is 151 Å². The lowest BCUT2D eigenvalue weighted by molar-refractivity contribution is 0.102. The molecule has 3 aromatic rings. The van der Waals surface area contributed by atoms with Crippen LogP contribution in [0.4, 0.5) is 11.4 Å². The van der Waals surface area contributed by atoms with Crippen molar-refractivity contribution >= 4 is 28.9 Å². The van der Waals surface area contributed by atoms with Gasteiger partial charge in [0.2, 0.25) is 0 Å². The molecular formula is C21H17ClN2O. The summed E-state index contributed by atoms with van der Waals surface area (Å²) in [6.45, 7) is 1.79. The van der Waals surface area contributed by atoms with Crippen LogP contribution in [0, 0.1) is 0 Å².